The molecule has 1 fully saturated rings. The molecule has 1 saturated heterocycles. The smallest absolute Gasteiger partial charge is 0.328 e. The normalized spacial score (nSPS) is 18.8. The van der Waals surface area contributed by atoms with Gasteiger partial charge in [0, 0.05) is 13.0 Å². The minimum Gasteiger partial charge on any atom is -0.467 e. The topological polar surface area (TPSA) is 64.6 Å². The number of nitrogens with one attached hydrogen (secondary N) is 1. The van der Waals surface area contributed by atoms with Gasteiger partial charge in [-0.05, 0) is 37.0 Å². The van der Waals surface area contributed by atoms with Gasteiger partial charge in [0.1, 0.15) is 6.04 Å². The number of hydrogen-bond acceptors (Lipinski definition) is 4. The zero-order valence-electron chi connectivity index (χ0n) is 13.3. The van der Waals surface area contributed by atoms with E-state index in [-0.39, 0.29) is 11.8 Å². The Bertz CT molecular complexity index is 550. The zero-order chi connectivity index (χ0) is 16.1. The number of rotatable bonds is 5. The minimum absolute atomic E-state index is 0.142. The quantitative estimate of drug-likeness (QED) is 0.838. The molecule has 1 aromatic carbocycles. The van der Waals surface area contributed by atoms with Crippen LogP contribution in [0.25, 0.3) is 0 Å². The Morgan fingerprint density at radius 1 is 1.36 bits per heavy atom. The monoisotopic (exact) mass is 305 g/mol. The third-order valence-electron chi connectivity index (χ3n) is 4.11. The van der Waals surface area contributed by atoms with Gasteiger partial charge in [-0.1, -0.05) is 18.2 Å². The fourth-order valence-electron chi connectivity index (χ4n) is 2.53. The number of benzene rings is 1. The van der Waals surface area contributed by atoms with Crippen LogP contribution in [0.3, 0.4) is 0 Å². The van der Waals surface area contributed by atoms with E-state index in [1.165, 1.54) is 12.7 Å². The second-order valence-corrected chi connectivity index (χ2v) is 5.77. The maximum atomic E-state index is 12.2. The molecule has 1 N–H and O–H groups in total. The third-order valence-corrected chi connectivity index (χ3v) is 4.11. The number of carbonyl (C=O) groups is 2. The van der Waals surface area contributed by atoms with E-state index in [4.69, 9.17) is 9.47 Å². The highest BCUT2D eigenvalue weighted by atomic mass is 16.5. The second kappa shape index (κ2) is 7.40. The lowest BCUT2D eigenvalue weighted by atomic mass is 10.00. The van der Waals surface area contributed by atoms with Gasteiger partial charge in [0.25, 0.3) is 0 Å². The average molecular weight is 305 g/mol. The summed E-state index contributed by atoms with van der Waals surface area (Å²) < 4.78 is 10.0. The van der Waals surface area contributed by atoms with Gasteiger partial charge in [-0.2, -0.15) is 0 Å². The summed E-state index contributed by atoms with van der Waals surface area (Å²) in [5.74, 6) is -0.742. The third kappa shape index (κ3) is 4.07. The van der Waals surface area contributed by atoms with E-state index in [2.05, 4.69) is 5.32 Å². The van der Waals surface area contributed by atoms with Crippen LogP contribution in [0.2, 0.25) is 0 Å². The molecule has 120 valence electrons. The summed E-state index contributed by atoms with van der Waals surface area (Å²) in [7, 11) is 1.33. The average Bonchev–Trinajstić information content (AvgIpc) is 3.03. The lowest BCUT2D eigenvalue weighted by Crippen LogP contribution is -2.45. The van der Waals surface area contributed by atoms with E-state index < -0.39 is 12.0 Å². The molecule has 5 nitrogen and oxygen atoms in total. The van der Waals surface area contributed by atoms with E-state index in [0.29, 0.717) is 26.1 Å². The number of amides is 1. The van der Waals surface area contributed by atoms with Crippen molar-refractivity contribution in [1.29, 1.82) is 0 Å². The Morgan fingerprint density at radius 3 is 2.73 bits per heavy atom. The minimum atomic E-state index is -0.666. The van der Waals surface area contributed by atoms with Crippen molar-refractivity contribution in [3.8, 4) is 0 Å². The first-order chi connectivity index (χ1) is 10.5. The van der Waals surface area contributed by atoms with Crippen molar-refractivity contribution in [2.45, 2.75) is 32.7 Å². The van der Waals surface area contributed by atoms with Crippen LogP contribution in [-0.4, -0.2) is 38.2 Å². The van der Waals surface area contributed by atoms with Crippen LogP contribution >= 0.6 is 0 Å². The van der Waals surface area contributed by atoms with Gasteiger partial charge in [0.2, 0.25) is 5.91 Å². The second-order valence-electron chi connectivity index (χ2n) is 5.77. The molecule has 1 heterocycles. The Hall–Kier alpha value is -1.88. The predicted octanol–water partition coefficient (Wildman–Crippen LogP) is 1.54. The van der Waals surface area contributed by atoms with Crippen molar-refractivity contribution >= 4 is 11.9 Å². The van der Waals surface area contributed by atoms with Gasteiger partial charge in [0.05, 0.1) is 19.6 Å². The fraction of sp³-hybridized carbons (Fsp3) is 0.529. The molecule has 0 saturated carbocycles. The van der Waals surface area contributed by atoms with Gasteiger partial charge < -0.3 is 14.8 Å². The van der Waals surface area contributed by atoms with Gasteiger partial charge in [-0.3, -0.25) is 4.79 Å². The van der Waals surface area contributed by atoms with Gasteiger partial charge >= 0.3 is 5.97 Å². The first kappa shape index (κ1) is 16.5. The molecule has 0 aromatic heterocycles. The summed E-state index contributed by atoms with van der Waals surface area (Å²) in [4.78, 5) is 24.1. The molecule has 1 aliphatic rings. The summed E-state index contributed by atoms with van der Waals surface area (Å²) in [6, 6.07) is 5.37. The van der Waals surface area contributed by atoms with Crippen LogP contribution in [0.4, 0.5) is 0 Å². The van der Waals surface area contributed by atoms with Crippen LogP contribution in [-0.2, 0) is 25.5 Å². The predicted molar refractivity (Wildman–Crippen MR) is 82.5 cm³/mol. The summed E-state index contributed by atoms with van der Waals surface area (Å²) in [6.45, 7) is 5.08. The van der Waals surface area contributed by atoms with E-state index in [0.717, 1.165) is 11.1 Å². The molecule has 0 radical (unpaired) electrons. The molecule has 1 amide bonds. The van der Waals surface area contributed by atoms with Crippen molar-refractivity contribution in [2.24, 2.45) is 5.92 Å². The maximum Gasteiger partial charge on any atom is 0.328 e. The van der Waals surface area contributed by atoms with Crippen LogP contribution in [0.5, 0.6) is 0 Å². The van der Waals surface area contributed by atoms with Crippen LogP contribution in [0, 0.1) is 19.8 Å². The maximum absolute atomic E-state index is 12.2. The Kier molecular flexibility index (Phi) is 5.55. The molecular weight excluding hydrogens is 282 g/mol. The zero-order valence-corrected chi connectivity index (χ0v) is 13.3. The van der Waals surface area contributed by atoms with Crippen molar-refractivity contribution in [2.75, 3.05) is 20.3 Å². The molecule has 0 bridgehead atoms. The van der Waals surface area contributed by atoms with Crippen molar-refractivity contribution in [1.82, 2.24) is 5.32 Å². The van der Waals surface area contributed by atoms with E-state index in [1.807, 2.05) is 32.0 Å². The first-order valence-corrected chi connectivity index (χ1v) is 7.53. The summed E-state index contributed by atoms with van der Waals surface area (Å²) in [6.07, 6.45) is 1.12. The number of carbonyl (C=O) groups excluding carboxylic acids is 2. The molecule has 2 atom stereocenters. The lowest BCUT2D eigenvalue weighted by molar-refractivity contribution is -0.145. The first-order valence-electron chi connectivity index (χ1n) is 7.53. The standard InChI is InChI=1S/C17H23NO4/c1-11-4-5-13(8-12(11)2)9-15(17(20)21-3)18-16(19)14-6-7-22-10-14/h4-5,8,14-15H,6-7,9-10H2,1-3H3,(H,18,19)/t14-,15-/m1/s1. The van der Waals surface area contributed by atoms with E-state index in [1.54, 1.807) is 0 Å². The highest BCUT2D eigenvalue weighted by Crippen LogP contribution is 2.15. The summed E-state index contributed by atoms with van der Waals surface area (Å²) >= 11 is 0. The number of hydrogen-bond donors (Lipinski definition) is 1. The molecule has 1 aromatic rings. The van der Waals surface area contributed by atoms with Crippen LogP contribution in [0.1, 0.15) is 23.1 Å². The molecule has 5 heteroatoms. The molecular formula is C17H23NO4. The lowest BCUT2D eigenvalue weighted by Gasteiger charge is -2.19. The molecule has 22 heavy (non-hydrogen) atoms. The van der Waals surface area contributed by atoms with Crippen LogP contribution < -0.4 is 5.32 Å². The molecule has 0 aliphatic carbocycles. The Morgan fingerprint density at radius 2 is 2.14 bits per heavy atom. The fourth-order valence-corrected chi connectivity index (χ4v) is 2.53. The number of aryl methyl sites for hydroxylation is 2. The largest absolute Gasteiger partial charge is 0.467 e. The number of ether oxygens (including phenoxy) is 2. The van der Waals surface area contributed by atoms with E-state index >= 15 is 0 Å². The molecule has 2 rings (SSSR count). The highest BCUT2D eigenvalue weighted by molar-refractivity contribution is 5.86. The van der Waals surface area contributed by atoms with Gasteiger partial charge in [0.15, 0.2) is 0 Å². The van der Waals surface area contributed by atoms with Crippen molar-refractivity contribution in [3.05, 3.63) is 34.9 Å². The van der Waals surface area contributed by atoms with Gasteiger partial charge in [-0.15, -0.1) is 0 Å². The van der Waals surface area contributed by atoms with Crippen LogP contribution in [0.15, 0.2) is 18.2 Å². The SMILES string of the molecule is COC(=O)[C@@H](Cc1ccc(C)c(C)c1)NC(=O)[C@@H]1CCOC1. The molecule has 0 unspecified atom stereocenters. The molecule has 1 aliphatic heterocycles. The summed E-state index contributed by atoms with van der Waals surface area (Å²) in [5.41, 5.74) is 3.36. The highest BCUT2D eigenvalue weighted by Gasteiger charge is 2.28. The van der Waals surface area contributed by atoms with Gasteiger partial charge in [-0.25, -0.2) is 4.79 Å². The number of methoxy groups -OCH3 is 1. The summed E-state index contributed by atoms with van der Waals surface area (Å²) in [5, 5.41) is 2.80. The van der Waals surface area contributed by atoms with Crippen molar-refractivity contribution in [3.63, 3.8) is 0 Å². The molecule has 0 spiro atoms. The number of esters is 1. The van der Waals surface area contributed by atoms with Crippen molar-refractivity contribution < 1.29 is 19.1 Å². The van der Waals surface area contributed by atoms with E-state index in [9.17, 15) is 9.59 Å². The Balaban J connectivity index is 2.06. The Labute approximate surface area is 131 Å².